The summed E-state index contributed by atoms with van der Waals surface area (Å²) in [5.74, 6) is 0.0539. The number of nitrogens with zero attached hydrogens (tertiary/aromatic N) is 2. The van der Waals surface area contributed by atoms with Gasteiger partial charge in [-0.1, -0.05) is 23.2 Å². The predicted molar refractivity (Wildman–Crippen MR) is 82.8 cm³/mol. The first-order valence-corrected chi connectivity index (χ1v) is 7.07. The van der Waals surface area contributed by atoms with Crippen LogP contribution in [0.3, 0.4) is 0 Å². The molecule has 0 fully saturated rings. The third-order valence-corrected chi connectivity index (χ3v) is 3.49. The zero-order valence-corrected chi connectivity index (χ0v) is 13.2. The van der Waals surface area contributed by atoms with Crippen LogP contribution < -0.4 is 5.32 Å². The Labute approximate surface area is 132 Å². The Morgan fingerprint density at radius 2 is 2.10 bits per heavy atom. The number of oxazole rings is 1. The van der Waals surface area contributed by atoms with Gasteiger partial charge in [-0.15, -0.1) is 0 Å². The summed E-state index contributed by atoms with van der Waals surface area (Å²) in [7, 11) is 3.87. The molecule has 0 atom stereocenters. The molecule has 7 heteroatoms. The second-order valence-corrected chi connectivity index (χ2v) is 5.54. The van der Waals surface area contributed by atoms with Crippen molar-refractivity contribution in [2.24, 2.45) is 0 Å². The van der Waals surface area contributed by atoms with E-state index >= 15 is 0 Å². The van der Waals surface area contributed by atoms with Gasteiger partial charge in [0.25, 0.3) is 5.91 Å². The van der Waals surface area contributed by atoms with Crippen molar-refractivity contribution in [1.29, 1.82) is 0 Å². The molecule has 112 valence electrons. The minimum Gasteiger partial charge on any atom is -0.444 e. The molecule has 0 radical (unpaired) electrons. The van der Waals surface area contributed by atoms with E-state index in [4.69, 9.17) is 27.6 Å². The third kappa shape index (κ3) is 4.20. The van der Waals surface area contributed by atoms with Crippen molar-refractivity contribution in [3.63, 3.8) is 0 Å². The van der Waals surface area contributed by atoms with Crippen molar-refractivity contribution in [2.75, 3.05) is 27.2 Å². The van der Waals surface area contributed by atoms with E-state index in [1.165, 1.54) is 6.26 Å². The average molecular weight is 328 g/mol. The van der Waals surface area contributed by atoms with Gasteiger partial charge in [-0.25, -0.2) is 4.98 Å². The molecule has 0 saturated carbocycles. The first-order valence-electron chi connectivity index (χ1n) is 6.31. The monoisotopic (exact) mass is 327 g/mol. The maximum absolute atomic E-state index is 11.9. The molecule has 1 N–H and O–H groups in total. The van der Waals surface area contributed by atoms with Crippen LogP contribution in [0.25, 0.3) is 11.5 Å². The number of hydrogen-bond donors (Lipinski definition) is 1. The Hall–Kier alpha value is -1.56. The van der Waals surface area contributed by atoms with Crippen molar-refractivity contribution in [1.82, 2.24) is 15.2 Å². The van der Waals surface area contributed by atoms with Crippen LogP contribution in [-0.4, -0.2) is 43.0 Å². The van der Waals surface area contributed by atoms with E-state index in [1.807, 2.05) is 19.0 Å². The number of nitrogens with one attached hydrogen (secondary N) is 1. The van der Waals surface area contributed by atoms with E-state index in [2.05, 4.69) is 10.3 Å². The Morgan fingerprint density at radius 3 is 2.76 bits per heavy atom. The zero-order valence-electron chi connectivity index (χ0n) is 11.7. The van der Waals surface area contributed by atoms with Crippen LogP contribution in [-0.2, 0) is 0 Å². The maximum Gasteiger partial charge on any atom is 0.273 e. The second-order valence-electron chi connectivity index (χ2n) is 4.73. The van der Waals surface area contributed by atoms with E-state index in [9.17, 15) is 4.79 Å². The van der Waals surface area contributed by atoms with Crippen molar-refractivity contribution in [2.45, 2.75) is 0 Å². The molecule has 0 unspecified atom stereocenters. The molecule has 0 spiro atoms. The number of rotatable bonds is 5. The van der Waals surface area contributed by atoms with Crippen LogP contribution in [0, 0.1) is 0 Å². The van der Waals surface area contributed by atoms with Gasteiger partial charge in [0.15, 0.2) is 5.69 Å². The molecule has 0 aliphatic rings. The molecule has 21 heavy (non-hydrogen) atoms. The number of likely N-dealkylation sites (N-methyl/N-ethyl adjacent to an activating group) is 1. The highest BCUT2D eigenvalue weighted by Crippen LogP contribution is 2.28. The first kappa shape index (κ1) is 15.8. The van der Waals surface area contributed by atoms with Crippen LogP contribution in [0.15, 0.2) is 28.9 Å². The average Bonchev–Trinajstić information content (AvgIpc) is 2.91. The molecule has 0 aliphatic heterocycles. The van der Waals surface area contributed by atoms with Gasteiger partial charge in [-0.3, -0.25) is 4.79 Å². The summed E-state index contributed by atoms with van der Waals surface area (Å²) in [6, 6.07) is 5.03. The van der Waals surface area contributed by atoms with Crippen LogP contribution in [0.5, 0.6) is 0 Å². The van der Waals surface area contributed by atoms with Crippen LogP contribution in [0.2, 0.25) is 10.0 Å². The predicted octanol–water partition coefficient (Wildman–Crippen LogP) is 2.94. The Balaban J connectivity index is 2.07. The summed E-state index contributed by atoms with van der Waals surface area (Å²) >= 11 is 11.8. The summed E-state index contributed by atoms with van der Waals surface area (Å²) in [6.45, 7) is 1.30. The lowest BCUT2D eigenvalue weighted by Crippen LogP contribution is -2.31. The Kier molecular flexibility index (Phi) is 5.22. The molecule has 0 aliphatic carbocycles. The highest BCUT2D eigenvalue weighted by atomic mass is 35.5. The van der Waals surface area contributed by atoms with E-state index in [0.717, 1.165) is 6.54 Å². The van der Waals surface area contributed by atoms with Crippen molar-refractivity contribution in [3.8, 4) is 11.5 Å². The summed E-state index contributed by atoms with van der Waals surface area (Å²) < 4.78 is 5.31. The molecular formula is C14H15Cl2N3O2. The zero-order chi connectivity index (χ0) is 15.4. The van der Waals surface area contributed by atoms with Gasteiger partial charge in [-0.2, -0.15) is 0 Å². The standard InChI is InChI=1S/C14H15Cl2N3O2/c1-19(2)6-5-17-13(20)12-8-21-14(18-12)9-3-4-10(15)11(16)7-9/h3-4,7-8H,5-6H2,1-2H3,(H,17,20). The minimum absolute atomic E-state index is 0.231. The van der Waals surface area contributed by atoms with Gasteiger partial charge in [-0.05, 0) is 32.3 Å². The molecule has 5 nitrogen and oxygen atoms in total. The topological polar surface area (TPSA) is 58.4 Å². The van der Waals surface area contributed by atoms with Crippen LogP contribution >= 0.6 is 23.2 Å². The van der Waals surface area contributed by atoms with Gasteiger partial charge >= 0.3 is 0 Å². The fourth-order valence-corrected chi connectivity index (χ4v) is 1.92. The van der Waals surface area contributed by atoms with E-state index in [1.54, 1.807) is 18.2 Å². The highest BCUT2D eigenvalue weighted by molar-refractivity contribution is 6.42. The summed E-state index contributed by atoms with van der Waals surface area (Å²) in [4.78, 5) is 18.0. The van der Waals surface area contributed by atoms with Crippen molar-refractivity contribution < 1.29 is 9.21 Å². The van der Waals surface area contributed by atoms with Gasteiger partial charge in [0, 0.05) is 18.7 Å². The smallest absolute Gasteiger partial charge is 0.273 e. The number of hydrogen-bond acceptors (Lipinski definition) is 4. The van der Waals surface area contributed by atoms with Gasteiger partial charge in [0.1, 0.15) is 6.26 Å². The fourth-order valence-electron chi connectivity index (χ4n) is 1.62. The maximum atomic E-state index is 11.9. The van der Waals surface area contributed by atoms with Crippen molar-refractivity contribution >= 4 is 29.1 Å². The summed E-state index contributed by atoms with van der Waals surface area (Å²) in [6.07, 6.45) is 1.32. The SMILES string of the molecule is CN(C)CCNC(=O)c1coc(-c2ccc(Cl)c(Cl)c2)n1. The molecule has 0 saturated heterocycles. The molecule has 1 heterocycles. The van der Waals surface area contributed by atoms with Crippen LogP contribution in [0.1, 0.15) is 10.5 Å². The summed E-state index contributed by atoms with van der Waals surface area (Å²) in [5.41, 5.74) is 0.895. The van der Waals surface area contributed by atoms with Gasteiger partial charge < -0.3 is 14.6 Å². The number of amides is 1. The largest absolute Gasteiger partial charge is 0.444 e. The third-order valence-electron chi connectivity index (χ3n) is 2.75. The lowest BCUT2D eigenvalue weighted by atomic mass is 10.2. The van der Waals surface area contributed by atoms with E-state index < -0.39 is 0 Å². The van der Waals surface area contributed by atoms with Gasteiger partial charge in [0.2, 0.25) is 5.89 Å². The normalized spacial score (nSPS) is 10.9. The van der Waals surface area contributed by atoms with Crippen molar-refractivity contribution in [3.05, 3.63) is 40.2 Å². The lowest BCUT2D eigenvalue weighted by molar-refractivity contribution is 0.0946. The molecular weight excluding hydrogens is 313 g/mol. The number of carbonyl (C=O) groups is 1. The second kappa shape index (κ2) is 6.93. The van der Waals surface area contributed by atoms with Gasteiger partial charge in [0.05, 0.1) is 10.0 Å². The molecule has 1 aromatic carbocycles. The fraction of sp³-hybridized carbons (Fsp3) is 0.286. The Morgan fingerprint density at radius 1 is 1.33 bits per heavy atom. The van der Waals surface area contributed by atoms with E-state index in [0.29, 0.717) is 28.0 Å². The molecule has 2 rings (SSSR count). The summed E-state index contributed by atoms with van der Waals surface area (Å²) in [5, 5.41) is 3.62. The molecule has 0 bridgehead atoms. The molecule has 2 aromatic rings. The number of halogens is 2. The number of aromatic nitrogens is 1. The first-order chi connectivity index (χ1) is 9.97. The Bertz CT molecular complexity index is 641. The number of carbonyl (C=O) groups excluding carboxylic acids is 1. The quantitative estimate of drug-likeness (QED) is 0.917. The van der Waals surface area contributed by atoms with Crippen LogP contribution in [0.4, 0.5) is 0 Å². The number of benzene rings is 1. The molecule has 1 amide bonds. The highest BCUT2D eigenvalue weighted by Gasteiger charge is 2.13. The molecule has 1 aromatic heterocycles. The minimum atomic E-state index is -0.271. The van der Waals surface area contributed by atoms with E-state index in [-0.39, 0.29) is 11.6 Å². The lowest BCUT2D eigenvalue weighted by Gasteiger charge is -2.09.